The van der Waals surface area contributed by atoms with Crippen LogP contribution >= 0.6 is 11.6 Å². The third-order valence-corrected chi connectivity index (χ3v) is 7.70. The fourth-order valence-corrected chi connectivity index (χ4v) is 5.33. The van der Waals surface area contributed by atoms with E-state index in [2.05, 4.69) is 15.5 Å². The van der Waals surface area contributed by atoms with Crippen molar-refractivity contribution >= 4 is 33.2 Å². The normalized spacial score (nSPS) is 15.5. The number of carbonyl (C=O) groups is 1. The summed E-state index contributed by atoms with van der Waals surface area (Å²) in [5.74, 6) is -0.372. The number of anilines is 1. The van der Waals surface area contributed by atoms with Crippen molar-refractivity contribution in [1.29, 1.82) is 0 Å². The number of aryl methyl sites for hydroxylation is 1. The number of hydrogen-bond acceptors (Lipinski definition) is 6. The van der Waals surface area contributed by atoms with Crippen molar-refractivity contribution in [2.24, 2.45) is 5.92 Å². The van der Waals surface area contributed by atoms with Crippen LogP contribution in [0.5, 0.6) is 0 Å². The number of nitrogens with zero attached hydrogens (tertiary/aromatic N) is 3. The number of carbonyl (C=O) groups excluding carboxylic acids is 1. The molecular weight excluding hydrogens is 471 g/mol. The third kappa shape index (κ3) is 5.07. The Hall–Kier alpha value is -2.82. The maximum atomic E-state index is 13.3. The van der Waals surface area contributed by atoms with E-state index in [0.29, 0.717) is 42.2 Å². The van der Waals surface area contributed by atoms with Gasteiger partial charge in [0.2, 0.25) is 27.6 Å². The molecule has 0 spiro atoms. The van der Waals surface area contributed by atoms with E-state index in [9.17, 15) is 17.6 Å². The number of amides is 1. The topological polar surface area (TPSA) is 105 Å². The van der Waals surface area contributed by atoms with Crippen molar-refractivity contribution in [3.05, 3.63) is 59.2 Å². The number of halogens is 2. The minimum Gasteiger partial charge on any atom is -0.339 e. The fourth-order valence-electron chi connectivity index (χ4n) is 3.64. The number of rotatable bonds is 6. The van der Waals surface area contributed by atoms with E-state index >= 15 is 0 Å². The van der Waals surface area contributed by atoms with E-state index < -0.39 is 15.8 Å². The molecule has 3 aromatic rings. The molecule has 11 heteroatoms. The predicted molar refractivity (Wildman–Crippen MR) is 121 cm³/mol. The number of aromatic nitrogens is 2. The summed E-state index contributed by atoms with van der Waals surface area (Å²) in [5.41, 5.74) is 0.942. The summed E-state index contributed by atoms with van der Waals surface area (Å²) in [6.07, 6.45) is 1.32. The molecule has 0 atom stereocenters. The molecule has 8 nitrogen and oxygen atoms in total. The van der Waals surface area contributed by atoms with E-state index in [1.54, 1.807) is 12.1 Å². The average Bonchev–Trinajstić information content (AvgIpc) is 3.31. The maximum absolute atomic E-state index is 13.3. The summed E-state index contributed by atoms with van der Waals surface area (Å²) in [7, 11) is -3.75. The molecule has 1 amide bonds. The van der Waals surface area contributed by atoms with Crippen LogP contribution in [-0.2, 0) is 21.2 Å². The largest absolute Gasteiger partial charge is 0.339 e. The quantitative estimate of drug-likeness (QED) is 0.554. The molecule has 2 heterocycles. The van der Waals surface area contributed by atoms with Crippen molar-refractivity contribution < 1.29 is 22.1 Å². The molecule has 1 fully saturated rings. The summed E-state index contributed by atoms with van der Waals surface area (Å²) in [5, 5.41) is 6.53. The van der Waals surface area contributed by atoms with Crippen LogP contribution in [0.4, 0.5) is 10.1 Å². The number of nitrogens with one attached hydrogen (secondary N) is 1. The van der Waals surface area contributed by atoms with Crippen LogP contribution in [0.1, 0.15) is 25.7 Å². The summed E-state index contributed by atoms with van der Waals surface area (Å²) in [6.45, 7) is 2.30. The van der Waals surface area contributed by atoms with Gasteiger partial charge in [-0.15, -0.1) is 0 Å². The summed E-state index contributed by atoms with van der Waals surface area (Å²) in [6, 6.07) is 10.4. The second kappa shape index (κ2) is 9.58. The van der Waals surface area contributed by atoms with Gasteiger partial charge >= 0.3 is 0 Å². The first-order valence-corrected chi connectivity index (χ1v) is 12.3. The van der Waals surface area contributed by atoms with Gasteiger partial charge in [0.15, 0.2) is 0 Å². The second-order valence-electron chi connectivity index (χ2n) is 7.69. The van der Waals surface area contributed by atoms with Gasteiger partial charge in [-0.1, -0.05) is 35.8 Å². The van der Waals surface area contributed by atoms with Gasteiger partial charge in [0.1, 0.15) is 5.82 Å². The molecule has 33 heavy (non-hydrogen) atoms. The van der Waals surface area contributed by atoms with Crippen molar-refractivity contribution in [2.75, 3.05) is 18.4 Å². The Bertz CT molecular complexity index is 1270. The summed E-state index contributed by atoms with van der Waals surface area (Å²) in [4.78, 5) is 17.0. The Morgan fingerprint density at radius 2 is 2.00 bits per heavy atom. The first-order chi connectivity index (χ1) is 15.8. The minimum atomic E-state index is -3.75. The number of piperidine rings is 1. The molecule has 0 bridgehead atoms. The van der Waals surface area contributed by atoms with Crippen LogP contribution in [0.3, 0.4) is 0 Å². The molecule has 1 N–H and O–H groups in total. The number of benzene rings is 2. The van der Waals surface area contributed by atoms with Crippen LogP contribution in [0, 0.1) is 11.7 Å². The van der Waals surface area contributed by atoms with Gasteiger partial charge in [0.05, 0.1) is 9.92 Å². The Morgan fingerprint density at radius 1 is 1.24 bits per heavy atom. The molecule has 174 valence electrons. The number of sulfonamides is 1. The van der Waals surface area contributed by atoms with Gasteiger partial charge in [-0.3, -0.25) is 4.79 Å². The predicted octanol–water partition coefficient (Wildman–Crippen LogP) is 4.13. The first-order valence-electron chi connectivity index (χ1n) is 10.5. The van der Waals surface area contributed by atoms with Crippen LogP contribution < -0.4 is 5.32 Å². The third-order valence-electron chi connectivity index (χ3n) is 5.51. The second-order valence-corrected chi connectivity index (χ2v) is 10.0. The highest BCUT2D eigenvalue weighted by atomic mass is 35.5. The van der Waals surface area contributed by atoms with E-state index in [4.69, 9.17) is 16.1 Å². The minimum absolute atomic E-state index is 0.0809. The standard InChI is InChI=1S/C22H22ClFN4O4S/c1-2-20-26-21(27-32-20)15-4-3-5-17(12-15)33(30,31)28-10-8-14(9-11-28)22(29)25-16-6-7-19(24)18(23)13-16/h3-7,12-14H,2,8-11H2,1H3,(H,25,29). The van der Waals surface area contributed by atoms with Crippen LogP contribution in [-0.4, -0.2) is 41.9 Å². The highest BCUT2D eigenvalue weighted by molar-refractivity contribution is 7.89. The van der Waals surface area contributed by atoms with Gasteiger partial charge in [-0.25, -0.2) is 12.8 Å². The SMILES string of the molecule is CCc1nc(-c2cccc(S(=O)(=O)N3CCC(C(=O)Nc4ccc(F)c(Cl)c4)CC3)c2)no1. The zero-order valence-corrected chi connectivity index (χ0v) is 19.4. The zero-order valence-electron chi connectivity index (χ0n) is 17.8. The van der Waals surface area contributed by atoms with E-state index in [0.717, 1.165) is 0 Å². The molecular formula is C22H22ClFN4O4S. The molecule has 0 saturated carbocycles. The van der Waals surface area contributed by atoms with E-state index in [-0.39, 0.29) is 34.8 Å². The first kappa shape index (κ1) is 23.3. The molecule has 1 aliphatic heterocycles. The summed E-state index contributed by atoms with van der Waals surface area (Å²) < 4.78 is 46.2. The summed E-state index contributed by atoms with van der Waals surface area (Å²) >= 11 is 5.76. The van der Waals surface area contributed by atoms with Crippen molar-refractivity contribution in [3.8, 4) is 11.4 Å². The highest BCUT2D eigenvalue weighted by Gasteiger charge is 2.32. The lowest BCUT2D eigenvalue weighted by atomic mass is 9.97. The lowest BCUT2D eigenvalue weighted by molar-refractivity contribution is -0.120. The molecule has 2 aromatic carbocycles. The zero-order chi connectivity index (χ0) is 23.6. The lowest BCUT2D eigenvalue weighted by Gasteiger charge is -2.30. The van der Waals surface area contributed by atoms with Gasteiger partial charge in [0, 0.05) is 36.7 Å². The number of hydrogen-bond donors (Lipinski definition) is 1. The lowest BCUT2D eigenvalue weighted by Crippen LogP contribution is -2.41. The van der Waals surface area contributed by atoms with Gasteiger partial charge in [0.25, 0.3) is 0 Å². The molecule has 0 radical (unpaired) electrons. The molecule has 0 unspecified atom stereocenters. The van der Waals surface area contributed by atoms with Gasteiger partial charge in [-0.05, 0) is 43.2 Å². The molecule has 1 aromatic heterocycles. The Morgan fingerprint density at radius 3 is 2.67 bits per heavy atom. The van der Waals surface area contributed by atoms with Crippen LogP contribution in [0.25, 0.3) is 11.4 Å². The highest BCUT2D eigenvalue weighted by Crippen LogP contribution is 2.28. The maximum Gasteiger partial charge on any atom is 0.243 e. The van der Waals surface area contributed by atoms with Crippen LogP contribution in [0.15, 0.2) is 51.9 Å². The van der Waals surface area contributed by atoms with E-state index in [1.807, 2.05) is 6.92 Å². The van der Waals surface area contributed by atoms with Crippen LogP contribution in [0.2, 0.25) is 5.02 Å². The van der Waals surface area contributed by atoms with Gasteiger partial charge < -0.3 is 9.84 Å². The monoisotopic (exact) mass is 492 g/mol. The van der Waals surface area contributed by atoms with E-state index in [1.165, 1.54) is 34.6 Å². The Labute approximate surface area is 195 Å². The van der Waals surface area contributed by atoms with Crippen molar-refractivity contribution in [3.63, 3.8) is 0 Å². The van der Waals surface area contributed by atoms with Gasteiger partial charge in [-0.2, -0.15) is 9.29 Å². The Kier molecular flexibility index (Phi) is 6.78. The molecule has 4 rings (SSSR count). The smallest absolute Gasteiger partial charge is 0.243 e. The molecule has 0 aliphatic carbocycles. The molecule has 1 aliphatic rings. The average molecular weight is 493 g/mol. The Balaban J connectivity index is 1.42. The molecule has 1 saturated heterocycles. The fraction of sp³-hybridized carbons (Fsp3) is 0.318. The van der Waals surface area contributed by atoms with Crippen molar-refractivity contribution in [1.82, 2.24) is 14.4 Å². The van der Waals surface area contributed by atoms with Crippen molar-refractivity contribution in [2.45, 2.75) is 31.1 Å².